The van der Waals surface area contributed by atoms with Crippen LogP contribution in [0.25, 0.3) is 0 Å². The van der Waals surface area contributed by atoms with E-state index in [1.165, 1.54) is 0 Å². The predicted octanol–water partition coefficient (Wildman–Crippen LogP) is 2.89. The fourth-order valence-corrected chi connectivity index (χ4v) is 2.66. The molecule has 118 valence electrons. The molecule has 0 aliphatic heterocycles. The third-order valence-electron chi connectivity index (χ3n) is 3.80. The van der Waals surface area contributed by atoms with E-state index in [0.717, 1.165) is 17.7 Å². The average molecular weight is 301 g/mol. The standard InChI is InChI=1S/C17H23N3O2/c1-4-16(14-6-8-15(22-3)9-7-14)20(5-2)17(21)12-19-11-10-18-13-19/h6-11,13,16H,4-5,12H2,1-3H3/t16-/m0/s1. The number of hydrogen-bond acceptors (Lipinski definition) is 3. The first-order valence-electron chi connectivity index (χ1n) is 7.58. The summed E-state index contributed by atoms with van der Waals surface area (Å²) in [7, 11) is 1.65. The summed E-state index contributed by atoms with van der Waals surface area (Å²) in [6.07, 6.45) is 6.03. The van der Waals surface area contributed by atoms with Crippen LogP contribution in [0, 0.1) is 0 Å². The van der Waals surface area contributed by atoms with E-state index < -0.39 is 0 Å². The number of aromatic nitrogens is 2. The normalized spacial score (nSPS) is 12.0. The Hall–Kier alpha value is -2.30. The lowest BCUT2D eigenvalue weighted by Gasteiger charge is -2.31. The highest BCUT2D eigenvalue weighted by molar-refractivity contribution is 5.76. The molecule has 2 aromatic rings. The van der Waals surface area contributed by atoms with Crippen molar-refractivity contribution in [1.82, 2.24) is 14.5 Å². The summed E-state index contributed by atoms with van der Waals surface area (Å²) >= 11 is 0. The van der Waals surface area contributed by atoms with Crippen LogP contribution in [0.4, 0.5) is 0 Å². The van der Waals surface area contributed by atoms with Gasteiger partial charge in [-0.1, -0.05) is 19.1 Å². The zero-order valence-electron chi connectivity index (χ0n) is 13.4. The maximum Gasteiger partial charge on any atom is 0.243 e. The molecule has 0 aliphatic carbocycles. The second-order valence-electron chi connectivity index (χ2n) is 5.11. The number of likely N-dealkylation sites (N-methyl/N-ethyl adjacent to an activating group) is 1. The quantitative estimate of drug-likeness (QED) is 0.790. The fourth-order valence-electron chi connectivity index (χ4n) is 2.66. The number of imidazole rings is 1. The Morgan fingerprint density at radius 2 is 2.05 bits per heavy atom. The van der Waals surface area contributed by atoms with E-state index in [4.69, 9.17) is 4.74 Å². The van der Waals surface area contributed by atoms with Gasteiger partial charge >= 0.3 is 0 Å². The highest BCUT2D eigenvalue weighted by atomic mass is 16.5. The maximum absolute atomic E-state index is 12.6. The molecule has 1 amide bonds. The SMILES string of the molecule is CC[C@@H](c1ccc(OC)cc1)N(CC)C(=O)Cn1ccnc1. The van der Waals surface area contributed by atoms with Gasteiger partial charge in [0.05, 0.1) is 19.5 Å². The van der Waals surface area contributed by atoms with Crippen LogP contribution in [-0.2, 0) is 11.3 Å². The molecule has 0 radical (unpaired) electrons. The summed E-state index contributed by atoms with van der Waals surface area (Å²) in [5.41, 5.74) is 1.13. The van der Waals surface area contributed by atoms with Gasteiger partial charge < -0.3 is 14.2 Å². The van der Waals surface area contributed by atoms with Gasteiger partial charge in [0.25, 0.3) is 0 Å². The largest absolute Gasteiger partial charge is 0.497 e. The molecule has 0 saturated heterocycles. The minimum absolute atomic E-state index is 0.0759. The van der Waals surface area contributed by atoms with E-state index in [1.807, 2.05) is 36.1 Å². The Labute approximate surface area is 131 Å². The molecule has 0 unspecified atom stereocenters. The second-order valence-corrected chi connectivity index (χ2v) is 5.11. The van der Waals surface area contributed by atoms with Crippen LogP contribution >= 0.6 is 0 Å². The van der Waals surface area contributed by atoms with Crippen molar-refractivity contribution in [1.29, 1.82) is 0 Å². The lowest BCUT2D eigenvalue weighted by atomic mass is 10.0. The number of carbonyl (C=O) groups excluding carboxylic acids is 1. The van der Waals surface area contributed by atoms with Gasteiger partial charge in [-0.15, -0.1) is 0 Å². The molecule has 1 aromatic heterocycles. The van der Waals surface area contributed by atoms with Gasteiger partial charge in [0.1, 0.15) is 12.3 Å². The third-order valence-corrected chi connectivity index (χ3v) is 3.80. The van der Waals surface area contributed by atoms with Gasteiger partial charge in [0, 0.05) is 18.9 Å². The molecule has 0 saturated carbocycles. The number of rotatable bonds is 7. The van der Waals surface area contributed by atoms with Crippen molar-refractivity contribution in [2.75, 3.05) is 13.7 Å². The van der Waals surface area contributed by atoms with Crippen molar-refractivity contribution in [3.63, 3.8) is 0 Å². The number of benzene rings is 1. The van der Waals surface area contributed by atoms with Crippen molar-refractivity contribution in [3.05, 3.63) is 48.5 Å². The van der Waals surface area contributed by atoms with Crippen molar-refractivity contribution in [2.24, 2.45) is 0 Å². The second kappa shape index (κ2) is 7.64. The Morgan fingerprint density at radius 1 is 1.32 bits per heavy atom. The summed E-state index contributed by atoms with van der Waals surface area (Å²) in [6.45, 7) is 5.11. The summed E-state index contributed by atoms with van der Waals surface area (Å²) < 4.78 is 6.99. The number of ether oxygens (including phenoxy) is 1. The molecule has 1 heterocycles. The number of carbonyl (C=O) groups is 1. The molecule has 0 N–H and O–H groups in total. The average Bonchev–Trinajstić information content (AvgIpc) is 3.05. The maximum atomic E-state index is 12.6. The topological polar surface area (TPSA) is 47.4 Å². The molecule has 0 fully saturated rings. The first-order chi connectivity index (χ1) is 10.7. The zero-order valence-corrected chi connectivity index (χ0v) is 13.4. The number of methoxy groups -OCH3 is 1. The van der Waals surface area contributed by atoms with Crippen LogP contribution < -0.4 is 4.74 Å². The van der Waals surface area contributed by atoms with E-state index in [0.29, 0.717) is 13.1 Å². The third kappa shape index (κ3) is 3.67. The van der Waals surface area contributed by atoms with Crippen molar-refractivity contribution >= 4 is 5.91 Å². The van der Waals surface area contributed by atoms with Crippen LogP contribution in [0.1, 0.15) is 31.9 Å². The summed E-state index contributed by atoms with van der Waals surface area (Å²) in [6, 6.07) is 8.01. The monoisotopic (exact) mass is 301 g/mol. The van der Waals surface area contributed by atoms with Gasteiger partial charge in [-0.2, -0.15) is 0 Å². The molecule has 0 bridgehead atoms. The van der Waals surface area contributed by atoms with Crippen molar-refractivity contribution in [3.8, 4) is 5.75 Å². The molecule has 0 spiro atoms. The van der Waals surface area contributed by atoms with Crippen LogP contribution in [0.2, 0.25) is 0 Å². The van der Waals surface area contributed by atoms with E-state index in [1.54, 1.807) is 30.4 Å². The Bertz CT molecular complexity index is 578. The van der Waals surface area contributed by atoms with E-state index in [9.17, 15) is 4.79 Å². The highest BCUT2D eigenvalue weighted by Crippen LogP contribution is 2.26. The first-order valence-corrected chi connectivity index (χ1v) is 7.58. The van der Waals surface area contributed by atoms with E-state index in [-0.39, 0.29) is 11.9 Å². The molecule has 5 heteroatoms. The highest BCUT2D eigenvalue weighted by Gasteiger charge is 2.22. The van der Waals surface area contributed by atoms with Crippen LogP contribution in [0.3, 0.4) is 0 Å². The molecule has 0 aliphatic rings. The lowest BCUT2D eigenvalue weighted by Crippen LogP contribution is -2.36. The summed E-state index contributed by atoms with van der Waals surface area (Å²) in [4.78, 5) is 18.5. The fraction of sp³-hybridized carbons (Fsp3) is 0.412. The minimum atomic E-state index is 0.0759. The van der Waals surface area contributed by atoms with Gasteiger partial charge in [-0.25, -0.2) is 4.98 Å². The number of nitrogens with zero attached hydrogens (tertiary/aromatic N) is 3. The van der Waals surface area contributed by atoms with Gasteiger partial charge in [-0.05, 0) is 31.0 Å². The lowest BCUT2D eigenvalue weighted by molar-refractivity contribution is -0.134. The van der Waals surface area contributed by atoms with Crippen LogP contribution in [0.5, 0.6) is 5.75 Å². The molecule has 1 aromatic carbocycles. The van der Waals surface area contributed by atoms with Gasteiger partial charge in [0.15, 0.2) is 0 Å². The van der Waals surface area contributed by atoms with Crippen LogP contribution in [0.15, 0.2) is 43.0 Å². The summed E-state index contributed by atoms with van der Waals surface area (Å²) in [5.74, 6) is 0.926. The Morgan fingerprint density at radius 3 is 2.55 bits per heavy atom. The van der Waals surface area contributed by atoms with Gasteiger partial charge in [0.2, 0.25) is 5.91 Å². The van der Waals surface area contributed by atoms with Gasteiger partial charge in [-0.3, -0.25) is 4.79 Å². The van der Waals surface area contributed by atoms with E-state index in [2.05, 4.69) is 11.9 Å². The Balaban J connectivity index is 2.16. The molecular formula is C17H23N3O2. The molecule has 2 rings (SSSR count). The van der Waals surface area contributed by atoms with Crippen molar-refractivity contribution < 1.29 is 9.53 Å². The molecular weight excluding hydrogens is 278 g/mol. The number of amides is 1. The van der Waals surface area contributed by atoms with E-state index >= 15 is 0 Å². The predicted molar refractivity (Wildman–Crippen MR) is 85.6 cm³/mol. The Kier molecular flexibility index (Phi) is 5.58. The zero-order chi connectivity index (χ0) is 15.9. The molecule has 22 heavy (non-hydrogen) atoms. The molecule has 1 atom stereocenters. The summed E-state index contributed by atoms with van der Waals surface area (Å²) in [5, 5.41) is 0. The number of hydrogen-bond donors (Lipinski definition) is 0. The first kappa shape index (κ1) is 16.1. The van der Waals surface area contributed by atoms with Crippen LogP contribution in [-0.4, -0.2) is 34.0 Å². The molecule has 5 nitrogen and oxygen atoms in total. The smallest absolute Gasteiger partial charge is 0.243 e. The van der Waals surface area contributed by atoms with Crippen molar-refractivity contribution in [2.45, 2.75) is 32.9 Å². The minimum Gasteiger partial charge on any atom is -0.497 e.